The highest BCUT2D eigenvalue weighted by atomic mass is 19.1. The molecule has 1 aromatic heterocycles. The third-order valence-electron chi connectivity index (χ3n) is 3.99. The van der Waals surface area contributed by atoms with Crippen LogP contribution in [-0.2, 0) is 11.3 Å². The average Bonchev–Trinajstić information content (AvgIpc) is 3.16. The van der Waals surface area contributed by atoms with Crippen molar-refractivity contribution in [1.29, 1.82) is 0 Å². The third kappa shape index (κ3) is 4.69. The topological polar surface area (TPSA) is 68.5 Å². The Kier molecular flexibility index (Phi) is 5.80. The molecular weight excluding hydrogens is 349 g/mol. The molecule has 1 atom stereocenters. The van der Waals surface area contributed by atoms with Crippen molar-refractivity contribution in [2.45, 2.75) is 26.0 Å². The lowest BCUT2D eigenvalue weighted by atomic mass is 10.2. The molecule has 1 amide bonds. The zero-order valence-electron chi connectivity index (χ0n) is 15.1. The number of likely N-dealkylation sites (N-methyl/N-ethyl adjacent to an activating group) is 1. The largest absolute Gasteiger partial charge is 0.481 e. The number of benzene rings is 2. The van der Waals surface area contributed by atoms with Crippen LogP contribution < -0.4 is 4.74 Å². The van der Waals surface area contributed by atoms with Crippen LogP contribution in [0.3, 0.4) is 0 Å². The van der Waals surface area contributed by atoms with Gasteiger partial charge in [-0.3, -0.25) is 4.79 Å². The summed E-state index contributed by atoms with van der Waals surface area (Å²) in [5, 5.41) is 3.95. The van der Waals surface area contributed by atoms with Crippen molar-refractivity contribution in [3.8, 4) is 17.1 Å². The van der Waals surface area contributed by atoms with E-state index < -0.39 is 6.10 Å². The molecule has 2 aromatic carbocycles. The smallest absolute Gasteiger partial charge is 0.263 e. The minimum Gasteiger partial charge on any atom is -0.481 e. The fraction of sp³-hybridized carbons (Fsp3) is 0.250. The van der Waals surface area contributed by atoms with E-state index in [-0.39, 0.29) is 18.3 Å². The number of amides is 1. The second kappa shape index (κ2) is 8.44. The number of carbonyl (C=O) groups excluding carboxylic acids is 1. The highest BCUT2D eigenvalue weighted by Crippen LogP contribution is 2.18. The van der Waals surface area contributed by atoms with Crippen LogP contribution in [0.4, 0.5) is 4.39 Å². The minimum absolute atomic E-state index is 0.169. The van der Waals surface area contributed by atoms with Crippen molar-refractivity contribution >= 4 is 5.91 Å². The van der Waals surface area contributed by atoms with Gasteiger partial charge in [0, 0.05) is 12.6 Å². The van der Waals surface area contributed by atoms with E-state index in [1.807, 2.05) is 37.3 Å². The number of hydrogen-bond acceptors (Lipinski definition) is 5. The van der Waals surface area contributed by atoms with Crippen molar-refractivity contribution in [2.24, 2.45) is 0 Å². The van der Waals surface area contributed by atoms with Crippen LogP contribution in [-0.4, -0.2) is 34.1 Å². The minimum atomic E-state index is -0.683. The summed E-state index contributed by atoms with van der Waals surface area (Å²) in [6.45, 7) is 2.02. The van der Waals surface area contributed by atoms with E-state index >= 15 is 0 Å². The SMILES string of the molecule is CCC(Oc1ccc(F)cc1)C(=O)N(C)Cc1nc(-c2ccccc2)no1. The van der Waals surface area contributed by atoms with Crippen LogP contribution in [0, 0.1) is 5.82 Å². The molecule has 1 unspecified atom stereocenters. The molecule has 0 N–H and O–H groups in total. The van der Waals surface area contributed by atoms with E-state index in [4.69, 9.17) is 9.26 Å². The molecule has 0 saturated heterocycles. The van der Waals surface area contributed by atoms with Gasteiger partial charge in [0.1, 0.15) is 11.6 Å². The van der Waals surface area contributed by atoms with Crippen LogP contribution in [0.1, 0.15) is 19.2 Å². The number of halogens is 1. The Bertz CT molecular complexity index is 881. The number of rotatable bonds is 7. The summed E-state index contributed by atoms with van der Waals surface area (Å²) in [5.74, 6) is 0.669. The molecule has 27 heavy (non-hydrogen) atoms. The van der Waals surface area contributed by atoms with Crippen molar-refractivity contribution in [3.05, 3.63) is 66.3 Å². The van der Waals surface area contributed by atoms with Crippen molar-refractivity contribution in [2.75, 3.05) is 7.05 Å². The summed E-state index contributed by atoms with van der Waals surface area (Å²) < 4.78 is 23.9. The van der Waals surface area contributed by atoms with E-state index in [2.05, 4.69) is 10.1 Å². The molecule has 7 heteroatoms. The normalized spacial score (nSPS) is 11.8. The van der Waals surface area contributed by atoms with Gasteiger partial charge in [0.15, 0.2) is 6.10 Å². The zero-order valence-corrected chi connectivity index (χ0v) is 15.1. The molecule has 0 spiro atoms. The molecule has 3 aromatic rings. The van der Waals surface area contributed by atoms with Gasteiger partial charge in [-0.05, 0) is 30.7 Å². The standard InChI is InChI=1S/C20H20FN3O3/c1-3-17(26-16-11-9-15(21)10-12-16)20(25)24(2)13-18-22-19(23-27-18)14-7-5-4-6-8-14/h4-12,17H,3,13H2,1-2H3. The summed E-state index contributed by atoms with van der Waals surface area (Å²) in [6, 6.07) is 15.0. The molecule has 0 fully saturated rings. The summed E-state index contributed by atoms with van der Waals surface area (Å²) in [5.41, 5.74) is 0.840. The zero-order chi connectivity index (χ0) is 19.2. The Balaban J connectivity index is 1.64. The van der Waals surface area contributed by atoms with Gasteiger partial charge in [-0.1, -0.05) is 42.4 Å². The average molecular weight is 369 g/mol. The number of ether oxygens (including phenoxy) is 1. The Morgan fingerprint density at radius 2 is 1.89 bits per heavy atom. The van der Waals surface area contributed by atoms with Gasteiger partial charge in [-0.25, -0.2) is 4.39 Å². The molecule has 0 aliphatic carbocycles. The Labute approximate surface area is 156 Å². The first kappa shape index (κ1) is 18.6. The molecule has 0 aliphatic heterocycles. The first-order valence-electron chi connectivity index (χ1n) is 8.62. The fourth-order valence-corrected chi connectivity index (χ4v) is 2.54. The lowest BCUT2D eigenvalue weighted by Crippen LogP contribution is -2.39. The van der Waals surface area contributed by atoms with E-state index in [1.54, 1.807) is 7.05 Å². The van der Waals surface area contributed by atoms with Gasteiger partial charge in [0.25, 0.3) is 5.91 Å². The van der Waals surface area contributed by atoms with E-state index in [0.717, 1.165) is 5.56 Å². The van der Waals surface area contributed by atoms with Crippen LogP contribution in [0.25, 0.3) is 11.4 Å². The predicted molar refractivity (Wildman–Crippen MR) is 97.3 cm³/mol. The molecule has 0 bridgehead atoms. The maximum atomic E-state index is 13.0. The number of carbonyl (C=O) groups is 1. The molecule has 6 nitrogen and oxygen atoms in total. The lowest BCUT2D eigenvalue weighted by molar-refractivity contribution is -0.138. The fourth-order valence-electron chi connectivity index (χ4n) is 2.54. The van der Waals surface area contributed by atoms with Gasteiger partial charge in [-0.15, -0.1) is 0 Å². The summed E-state index contributed by atoms with van der Waals surface area (Å²) in [4.78, 5) is 18.5. The van der Waals surface area contributed by atoms with Gasteiger partial charge in [0.2, 0.25) is 11.7 Å². The van der Waals surface area contributed by atoms with Crippen LogP contribution in [0.2, 0.25) is 0 Å². The number of hydrogen-bond donors (Lipinski definition) is 0. The van der Waals surface area contributed by atoms with Crippen molar-refractivity contribution < 1.29 is 18.4 Å². The van der Waals surface area contributed by atoms with E-state index in [0.29, 0.717) is 23.9 Å². The predicted octanol–water partition coefficient (Wildman–Crippen LogP) is 3.69. The van der Waals surface area contributed by atoms with Crippen molar-refractivity contribution in [1.82, 2.24) is 15.0 Å². The first-order chi connectivity index (χ1) is 13.1. The molecule has 0 radical (unpaired) electrons. The quantitative estimate of drug-likeness (QED) is 0.635. The maximum absolute atomic E-state index is 13.0. The Morgan fingerprint density at radius 1 is 1.19 bits per heavy atom. The molecule has 1 heterocycles. The molecule has 0 saturated carbocycles. The second-order valence-electron chi connectivity index (χ2n) is 6.04. The third-order valence-corrected chi connectivity index (χ3v) is 3.99. The van der Waals surface area contributed by atoms with Crippen molar-refractivity contribution in [3.63, 3.8) is 0 Å². The molecule has 0 aliphatic rings. The molecular formula is C20H20FN3O3. The molecule has 140 valence electrons. The number of nitrogens with zero attached hydrogens (tertiary/aromatic N) is 3. The second-order valence-corrected chi connectivity index (χ2v) is 6.04. The maximum Gasteiger partial charge on any atom is 0.263 e. The van der Waals surface area contributed by atoms with E-state index in [1.165, 1.54) is 29.2 Å². The summed E-state index contributed by atoms with van der Waals surface area (Å²) in [6.07, 6.45) is -0.211. The van der Waals surface area contributed by atoms with Crippen LogP contribution in [0.5, 0.6) is 5.75 Å². The van der Waals surface area contributed by atoms with Crippen LogP contribution >= 0.6 is 0 Å². The number of aromatic nitrogens is 2. The van der Waals surface area contributed by atoms with Gasteiger partial charge in [0.05, 0.1) is 6.54 Å². The lowest BCUT2D eigenvalue weighted by Gasteiger charge is -2.22. The Hall–Kier alpha value is -3.22. The summed E-state index contributed by atoms with van der Waals surface area (Å²) in [7, 11) is 1.64. The van der Waals surface area contributed by atoms with Gasteiger partial charge < -0.3 is 14.2 Å². The first-order valence-corrected chi connectivity index (χ1v) is 8.62. The van der Waals surface area contributed by atoms with E-state index in [9.17, 15) is 9.18 Å². The van der Waals surface area contributed by atoms with Crippen LogP contribution in [0.15, 0.2) is 59.1 Å². The highest BCUT2D eigenvalue weighted by molar-refractivity contribution is 5.80. The highest BCUT2D eigenvalue weighted by Gasteiger charge is 2.24. The monoisotopic (exact) mass is 369 g/mol. The Morgan fingerprint density at radius 3 is 2.56 bits per heavy atom. The van der Waals surface area contributed by atoms with Gasteiger partial charge >= 0.3 is 0 Å². The molecule has 3 rings (SSSR count). The summed E-state index contributed by atoms with van der Waals surface area (Å²) >= 11 is 0. The van der Waals surface area contributed by atoms with Gasteiger partial charge in [-0.2, -0.15) is 4.98 Å².